The van der Waals surface area contributed by atoms with Gasteiger partial charge in [-0.2, -0.15) is 0 Å². The number of benzene rings is 2. The van der Waals surface area contributed by atoms with Gasteiger partial charge in [-0.25, -0.2) is 4.79 Å². The third-order valence-corrected chi connectivity index (χ3v) is 7.18. The van der Waals surface area contributed by atoms with Crippen molar-refractivity contribution in [1.29, 1.82) is 0 Å². The van der Waals surface area contributed by atoms with E-state index in [0.717, 1.165) is 31.2 Å². The van der Waals surface area contributed by atoms with Gasteiger partial charge in [0, 0.05) is 30.2 Å². The number of methoxy groups -OCH3 is 1. The van der Waals surface area contributed by atoms with E-state index in [1.54, 1.807) is 12.1 Å². The number of ketones is 1. The Morgan fingerprint density at radius 2 is 1.87 bits per heavy atom. The maximum atomic E-state index is 13.2. The second-order valence-corrected chi connectivity index (χ2v) is 8.71. The molecule has 1 saturated carbocycles. The van der Waals surface area contributed by atoms with Crippen LogP contribution in [-0.2, 0) is 26.0 Å². The van der Waals surface area contributed by atoms with Crippen molar-refractivity contribution in [1.82, 2.24) is 0 Å². The minimum atomic E-state index is -0.547. The van der Waals surface area contributed by atoms with E-state index in [2.05, 4.69) is 24.3 Å². The lowest BCUT2D eigenvalue weighted by Gasteiger charge is -2.52. The Hall–Kier alpha value is -2.50. The van der Waals surface area contributed by atoms with E-state index >= 15 is 0 Å². The van der Waals surface area contributed by atoms with Crippen LogP contribution in [-0.4, -0.2) is 37.9 Å². The van der Waals surface area contributed by atoms with E-state index in [1.807, 2.05) is 12.1 Å². The Morgan fingerprint density at radius 3 is 2.60 bits per heavy atom. The summed E-state index contributed by atoms with van der Waals surface area (Å²) < 4.78 is 16.9. The third kappa shape index (κ3) is 3.08. The zero-order valence-corrected chi connectivity index (χ0v) is 17.2. The Labute approximate surface area is 176 Å². The first-order valence-corrected chi connectivity index (χ1v) is 10.6. The highest BCUT2D eigenvalue weighted by molar-refractivity contribution is 6.02. The average Bonchev–Trinajstić information content (AvgIpc) is 3.23. The van der Waals surface area contributed by atoms with Gasteiger partial charge in [0.25, 0.3) is 0 Å². The lowest BCUT2D eigenvalue weighted by molar-refractivity contribution is -0.199. The maximum absolute atomic E-state index is 13.2. The zero-order chi connectivity index (χ0) is 20.8. The molecule has 0 unspecified atom stereocenters. The van der Waals surface area contributed by atoms with E-state index in [9.17, 15) is 9.59 Å². The molecule has 1 aliphatic heterocycles. The molecule has 1 spiro atoms. The first-order valence-electron chi connectivity index (χ1n) is 10.6. The van der Waals surface area contributed by atoms with Gasteiger partial charge in [-0.05, 0) is 42.0 Å². The lowest BCUT2D eigenvalue weighted by atomic mass is 9.53. The SMILES string of the molecule is COC(=O)c1ccc2c(c1)C(=O)C[C@H]1CC3(CC[C@@]21Cc1ccccc1)OCCO3. The molecular formula is C25H26O5. The fourth-order valence-electron chi connectivity index (χ4n) is 5.75. The topological polar surface area (TPSA) is 61.8 Å². The molecule has 2 aromatic carbocycles. The maximum Gasteiger partial charge on any atom is 0.337 e. The molecule has 2 aromatic rings. The predicted octanol–water partition coefficient (Wildman–Crippen LogP) is 4.08. The molecule has 1 saturated heterocycles. The highest BCUT2D eigenvalue weighted by Crippen LogP contribution is 2.56. The normalized spacial score (nSPS) is 26.8. The van der Waals surface area contributed by atoms with E-state index in [0.29, 0.717) is 30.8 Å². The van der Waals surface area contributed by atoms with E-state index < -0.39 is 11.8 Å². The van der Waals surface area contributed by atoms with Gasteiger partial charge in [0.1, 0.15) is 0 Å². The van der Waals surface area contributed by atoms with Crippen LogP contribution in [0.4, 0.5) is 0 Å². The van der Waals surface area contributed by atoms with E-state index in [4.69, 9.17) is 14.2 Å². The molecular weight excluding hydrogens is 380 g/mol. The third-order valence-electron chi connectivity index (χ3n) is 7.18. The summed E-state index contributed by atoms with van der Waals surface area (Å²) in [5.74, 6) is -0.748. The van der Waals surface area contributed by atoms with Crippen LogP contribution in [0.1, 0.15) is 57.5 Å². The van der Waals surface area contributed by atoms with Gasteiger partial charge in [-0.15, -0.1) is 0 Å². The number of esters is 1. The molecule has 30 heavy (non-hydrogen) atoms. The number of carbonyl (C=O) groups is 2. The summed E-state index contributed by atoms with van der Waals surface area (Å²) in [6.07, 6.45) is 3.71. The van der Waals surface area contributed by atoms with Crippen LogP contribution in [0.5, 0.6) is 0 Å². The molecule has 5 nitrogen and oxygen atoms in total. The molecule has 156 valence electrons. The molecule has 2 fully saturated rings. The van der Waals surface area contributed by atoms with Gasteiger partial charge in [-0.3, -0.25) is 4.79 Å². The van der Waals surface area contributed by atoms with Crippen molar-refractivity contribution in [2.45, 2.75) is 43.3 Å². The molecule has 5 heteroatoms. The molecule has 0 radical (unpaired) electrons. The van der Waals surface area contributed by atoms with Crippen LogP contribution in [0.15, 0.2) is 48.5 Å². The minimum Gasteiger partial charge on any atom is -0.465 e. The number of rotatable bonds is 3. The van der Waals surface area contributed by atoms with Crippen LogP contribution < -0.4 is 0 Å². The molecule has 0 amide bonds. The van der Waals surface area contributed by atoms with Crippen LogP contribution >= 0.6 is 0 Å². The average molecular weight is 406 g/mol. The Bertz CT molecular complexity index is 976. The standard InChI is InChI=1S/C25H26O5/c1-28-23(27)18-7-8-21-20(13-18)22(26)14-19-16-25(29-11-12-30-25)10-9-24(19,21)15-17-5-3-2-4-6-17/h2-8,13,19H,9-12,14-16H2,1H3/t19-,24-/m0/s1. The summed E-state index contributed by atoms with van der Waals surface area (Å²) >= 11 is 0. The molecule has 0 aromatic heterocycles. The molecule has 2 atom stereocenters. The fourth-order valence-corrected chi connectivity index (χ4v) is 5.75. The molecule has 1 heterocycles. The monoisotopic (exact) mass is 406 g/mol. The van der Waals surface area contributed by atoms with Gasteiger partial charge < -0.3 is 14.2 Å². The predicted molar refractivity (Wildman–Crippen MR) is 111 cm³/mol. The quantitative estimate of drug-likeness (QED) is 0.719. The van der Waals surface area contributed by atoms with Gasteiger partial charge in [0.05, 0.1) is 25.9 Å². The van der Waals surface area contributed by atoms with Gasteiger partial charge in [0.15, 0.2) is 11.6 Å². The van der Waals surface area contributed by atoms with Crippen LogP contribution in [0, 0.1) is 5.92 Å². The van der Waals surface area contributed by atoms with E-state index in [-0.39, 0.29) is 17.1 Å². The second-order valence-electron chi connectivity index (χ2n) is 8.71. The fraction of sp³-hybridized carbons (Fsp3) is 0.440. The Kier molecular flexibility index (Phi) is 4.75. The smallest absolute Gasteiger partial charge is 0.337 e. The molecule has 0 bridgehead atoms. The summed E-state index contributed by atoms with van der Waals surface area (Å²) in [6, 6.07) is 15.9. The number of hydrogen-bond acceptors (Lipinski definition) is 5. The first kappa shape index (κ1) is 19.5. The largest absolute Gasteiger partial charge is 0.465 e. The van der Waals surface area contributed by atoms with Crippen molar-refractivity contribution in [3.63, 3.8) is 0 Å². The first-order chi connectivity index (χ1) is 14.6. The molecule has 5 rings (SSSR count). The van der Waals surface area contributed by atoms with Crippen molar-refractivity contribution in [2.75, 3.05) is 20.3 Å². The Balaban J connectivity index is 1.61. The van der Waals surface area contributed by atoms with Gasteiger partial charge in [0.2, 0.25) is 0 Å². The number of Topliss-reactive ketones (excluding diaryl/α,β-unsaturated/α-hetero) is 1. The summed E-state index contributed by atoms with van der Waals surface area (Å²) in [4.78, 5) is 25.2. The van der Waals surface area contributed by atoms with Gasteiger partial charge in [-0.1, -0.05) is 36.4 Å². The zero-order valence-electron chi connectivity index (χ0n) is 17.2. The number of hydrogen-bond donors (Lipinski definition) is 0. The van der Waals surface area contributed by atoms with E-state index in [1.165, 1.54) is 12.7 Å². The van der Waals surface area contributed by atoms with Crippen molar-refractivity contribution in [3.05, 3.63) is 70.8 Å². The molecule has 2 aliphatic carbocycles. The summed E-state index contributed by atoms with van der Waals surface area (Å²) in [6.45, 7) is 1.23. The van der Waals surface area contributed by atoms with Crippen molar-refractivity contribution in [3.8, 4) is 0 Å². The van der Waals surface area contributed by atoms with Crippen LogP contribution in [0.25, 0.3) is 0 Å². The summed E-state index contributed by atoms with van der Waals surface area (Å²) in [7, 11) is 1.36. The highest BCUT2D eigenvalue weighted by atomic mass is 16.7. The second kappa shape index (κ2) is 7.33. The van der Waals surface area contributed by atoms with Crippen molar-refractivity contribution in [2.24, 2.45) is 5.92 Å². The Morgan fingerprint density at radius 1 is 1.10 bits per heavy atom. The summed E-state index contributed by atoms with van der Waals surface area (Å²) in [5, 5.41) is 0. The highest BCUT2D eigenvalue weighted by Gasteiger charge is 2.55. The number of fused-ring (bicyclic) bond motifs is 3. The van der Waals surface area contributed by atoms with Crippen molar-refractivity contribution < 1.29 is 23.8 Å². The number of ether oxygens (including phenoxy) is 3. The van der Waals surface area contributed by atoms with Crippen molar-refractivity contribution >= 4 is 11.8 Å². The minimum absolute atomic E-state index is 0.0829. The molecule has 0 N–H and O–H groups in total. The molecule has 3 aliphatic rings. The summed E-state index contributed by atoms with van der Waals surface area (Å²) in [5.41, 5.74) is 3.21. The van der Waals surface area contributed by atoms with Crippen LogP contribution in [0.2, 0.25) is 0 Å². The van der Waals surface area contributed by atoms with Crippen LogP contribution in [0.3, 0.4) is 0 Å². The number of carbonyl (C=O) groups excluding carboxylic acids is 2. The lowest BCUT2D eigenvalue weighted by Crippen LogP contribution is -2.52. The van der Waals surface area contributed by atoms with Gasteiger partial charge >= 0.3 is 5.97 Å².